The lowest BCUT2D eigenvalue weighted by Crippen LogP contribution is -2.19. The number of hydrogen-bond donors (Lipinski definition) is 0. The van der Waals surface area contributed by atoms with Crippen molar-refractivity contribution in [2.75, 3.05) is 6.61 Å². The Morgan fingerprint density at radius 2 is 2.04 bits per heavy atom. The van der Waals surface area contributed by atoms with E-state index in [2.05, 4.69) is 30.0 Å². The summed E-state index contributed by atoms with van der Waals surface area (Å²) < 4.78 is 8.47. The Labute approximate surface area is 150 Å². The molecule has 1 aromatic heterocycles. The first-order chi connectivity index (χ1) is 12.1. The van der Waals surface area contributed by atoms with E-state index in [4.69, 9.17) is 11.2 Å². The molecule has 0 saturated carbocycles. The fourth-order valence-corrected chi connectivity index (χ4v) is 3.74. The zero-order chi connectivity index (χ0) is 17.8. The molecule has 2 aromatic carbocycles. The van der Waals surface area contributed by atoms with Gasteiger partial charge in [0.2, 0.25) is 0 Å². The van der Waals surface area contributed by atoms with Crippen LogP contribution in [0.4, 0.5) is 0 Å². The molecular formula is C20H18N2O2S. The van der Waals surface area contributed by atoms with E-state index in [9.17, 15) is 4.79 Å². The molecule has 0 aliphatic carbocycles. The second-order valence-corrected chi connectivity index (χ2v) is 6.69. The first-order valence-electron chi connectivity index (χ1n) is 7.88. The highest BCUT2D eigenvalue weighted by molar-refractivity contribution is 7.16. The summed E-state index contributed by atoms with van der Waals surface area (Å²) in [7, 11) is 0. The molecular weight excluding hydrogens is 332 g/mol. The van der Waals surface area contributed by atoms with Crippen LogP contribution in [0.25, 0.3) is 10.2 Å². The lowest BCUT2D eigenvalue weighted by atomic mass is 10.1. The summed E-state index contributed by atoms with van der Waals surface area (Å²) in [6, 6.07) is 13.4. The summed E-state index contributed by atoms with van der Waals surface area (Å²) in [5.41, 5.74) is 3.31. The van der Waals surface area contributed by atoms with E-state index in [1.54, 1.807) is 12.1 Å². The van der Waals surface area contributed by atoms with E-state index in [0.29, 0.717) is 17.1 Å². The minimum absolute atomic E-state index is 0.105. The van der Waals surface area contributed by atoms with Gasteiger partial charge in [-0.25, -0.2) is 0 Å². The normalized spacial score (nSPS) is 11.5. The third-order valence-electron chi connectivity index (χ3n) is 3.69. The van der Waals surface area contributed by atoms with E-state index in [1.807, 2.05) is 29.7 Å². The Bertz CT molecular complexity index is 1020. The van der Waals surface area contributed by atoms with Gasteiger partial charge in [-0.05, 0) is 43.2 Å². The van der Waals surface area contributed by atoms with E-state index in [-0.39, 0.29) is 12.5 Å². The third-order valence-corrected chi connectivity index (χ3v) is 4.92. The number of carbonyl (C=O) groups is 1. The van der Waals surface area contributed by atoms with Crippen molar-refractivity contribution in [1.29, 1.82) is 0 Å². The summed E-state index contributed by atoms with van der Waals surface area (Å²) >= 11 is 1.47. The highest BCUT2D eigenvalue weighted by atomic mass is 32.1. The Morgan fingerprint density at radius 3 is 2.76 bits per heavy atom. The maximum atomic E-state index is 12.2. The molecule has 1 amide bonds. The minimum Gasteiger partial charge on any atom is -0.484 e. The average molecular weight is 350 g/mol. The Morgan fingerprint density at radius 1 is 1.28 bits per heavy atom. The van der Waals surface area contributed by atoms with Crippen molar-refractivity contribution < 1.29 is 9.53 Å². The van der Waals surface area contributed by atoms with Gasteiger partial charge in [0.25, 0.3) is 5.91 Å². The molecule has 3 aromatic rings. The van der Waals surface area contributed by atoms with E-state index in [1.165, 1.54) is 11.3 Å². The van der Waals surface area contributed by atoms with Crippen molar-refractivity contribution in [2.45, 2.75) is 20.4 Å². The lowest BCUT2D eigenvalue weighted by molar-refractivity contribution is -0.120. The number of benzene rings is 2. The Balaban J connectivity index is 1.95. The molecule has 0 saturated heterocycles. The number of fused-ring (bicyclic) bond motifs is 1. The fourth-order valence-electron chi connectivity index (χ4n) is 2.64. The number of terminal acetylenes is 1. The molecule has 0 aliphatic rings. The summed E-state index contributed by atoms with van der Waals surface area (Å²) in [6.45, 7) is 4.36. The standard InChI is InChI=1S/C20H18N2O2S/c1-4-10-22-17-12-14(2)11-15(3)19(17)25-20(22)21-18(23)13-24-16-8-6-5-7-9-16/h1,5-9,11-12H,10,13H2,2-3H3. The quantitative estimate of drug-likeness (QED) is 0.677. The van der Waals surface area contributed by atoms with Crippen LogP contribution in [-0.2, 0) is 11.3 Å². The van der Waals surface area contributed by atoms with Gasteiger partial charge in [0.15, 0.2) is 11.4 Å². The van der Waals surface area contributed by atoms with Gasteiger partial charge in [-0.15, -0.1) is 6.42 Å². The average Bonchev–Trinajstić information content (AvgIpc) is 2.92. The van der Waals surface area contributed by atoms with Crippen molar-refractivity contribution >= 4 is 27.5 Å². The van der Waals surface area contributed by atoms with Gasteiger partial charge < -0.3 is 9.30 Å². The molecule has 0 atom stereocenters. The molecule has 4 nitrogen and oxygen atoms in total. The van der Waals surface area contributed by atoms with Gasteiger partial charge in [0, 0.05) is 0 Å². The summed E-state index contributed by atoms with van der Waals surface area (Å²) in [4.78, 5) is 17.0. The number of aryl methyl sites for hydroxylation is 2. The summed E-state index contributed by atoms with van der Waals surface area (Å²) in [5, 5.41) is 0. The number of rotatable bonds is 4. The molecule has 0 N–H and O–H groups in total. The fraction of sp³-hybridized carbons (Fsp3) is 0.200. The number of thiazole rings is 1. The second kappa shape index (κ2) is 7.37. The Kier molecular flexibility index (Phi) is 5.01. The molecule has 25 heavy (non-hydrogen) atoms. The molecule has 126 valence electrons. The number of para-hydroxylation sites is 1. The van der Waals surface area contributed by atoms with Crippen LogP contribution in [0, 0.1) is 26.2 Å². The second-order valence-electron chi connectivity index (χ2n) is 5.71. The van der Waals surface area contributed by atoms with Crippen molar-refractivity contribution in [3.05, 3.63) is 58.4 Å². The molecule has 5 heteroatoms. The molecule has 0 aliphatic heterocycles. The Hall–Kier alpha value is -2.84. The number of hydrogen-bond acceptors (Lipinski definition) is 3. The van der Waals surface area contributed by atoms with Gasteiger partial charge in [-0.3, -0.25) is 4.79 Å². The lowest BCUT2D eigenvalue weighted by Gasteiger charge is -2.03. The van der Waals surface area contributed by atoms with Gasteiger partial charge in [-0.1, -0.05) is 41.5 Å². The van der Waals surface area contributed by atoms with Crippen LogP contribution in [0.3, 0.4) is 0 Å². The van der Waals surface area contributed by atoms with Crippen molar-refractivity contribution in [1.82, 2.24) is 4.57 Å². The first-order valence-corrected chi connectivity index (χ1v) is 8.69. The van der Waals surface area contributed by atoms with Crippen LogP contribution in [-0.4, -0.2) is 17.1 Å². The predicted octanol–water partition coefficient (Wildman–Crippen LogP) is 3.46. The molecule has 0 spiro atoms. The largest absolute Gasteiger partial charge is 0.484 e. The molecule has 3 rings (SSSR count). The number of aromatic nitrogens is 1. The molecule has 0 unspecified atom stereocenters. The first kappa shape index (κ1) is 17.0. The summed E-state index contributed by atoms with van der Waals surface area (Å²) in [5.74, 6) is 2.95. The molecule has 0 radical (unpaired) electrons. The van der Waals surface area contributed by atoms with Gasteiger partial charge in [-0.2, -0.15) is 4.99 Å². The molecule has 0 bridgehead atoms. The number of nitrogens with zero attached hydrogens (tertiary/aromatic N) is 2. The number of ether oxygens (including phenoxy) is 1. The third kappa shape index (κ3) is 3.81. The van der Waals surface area contributed by atoms with Crippen LogP contribution in [0.2, 0.25) is 0 Å². The number of amides is 1. The van der Waals surface area contributed by atoms with E-state index >= 15 is 0 Å². The maximum Gasteiger partial charge on any atom is 0.286 e. The van der Waals surface area contributed by atoms with Gasteiger partial charge >= 0.3 is 0 Å². The summed E-state index contributed by atoms with van der Waals surface area (Å²) in [6.07, 6.45) is 5.50. The van der Waals surface area contributed by atoms with Gasteiger partial charge in [0.05, 0.1) is 16.8 Å². The van der Waals surface area contributed by atoms with Crippen LogP contribution >= 0.6 is 11.3 Å². The maximum absolute atomic E-state index is 12.2. The van der Waals surface area contributed by atoms with Crippen LogP contribution < -0.4 is 9.54 Å². The monoisotopic (exact) mass is 350 g/mol. The number of carbonyl (C=O) groups excluding carboxylic acids is 1. The molecule has 0 fully saturated rings. The van der Waals surface area contributed by atoms with Crippen molar-refractivity contribution in [3.8, 4) is 18.1 Å². The van der Waals surface area contributed by atoms with E-state index < -0.39 is 0 Å². The highest BCUT2D eigenvalue weighted by Crippen LogP contribution is 2.23. The van der Waals surface area contributed by atoms with Crippen molar-refractivity contribution in [2.24, 2.45) is 4.99 Å². The smallest absolute Gasteiger partial charge is 0.286 e. The van der Waals surface area contributed by atoms with Crippen LogP contribution in [0.15, 0.2) is 47.5 Å². The predicted molar refractivity (Wildman–Crippen MR) is 101 cm³/mol. The SMILES string of the molecule is C#CCn1c(=NC(=O)COc2ccccc2)sc2c(C)cc(C)cc21. The van der Waals surface area contributed by atoms with E-state index in [0.717, 1.165) is 21.3 Å². The van der Waals surface area contributed by atoms with Gasteiger partial charge in [0.1, 0.15) is 5.75 Å². The minimum atomic E-state index is -0.337. The zero-order valence-electron chi connectivity index (χ0n) is 14.2. The van der Waals surface area contributed by atoms with Crippen molar-refractivity contribution in [3.63, 3.8) is 0 Å². The molecule has 1 heterocycles. The topological polar surface area (TPSA) is 43.6 Å². The zero-order valence-corrected chi connectivity index (χ0v) is 15.0. The van der Waals surface area contributed by atoms with Crippen LogP contribution in [0.5, 0.6) is 5.75 Å². The highest BCUT2D eigenvalue weighted by Gasteiger charge is 2.10. The van der Waals surface area contributed by atoms with Crippen LogP contribution in [0.1, 0.15) is 11.1 Å².